The van der Waals surface area contributed by atoms with Crippen molar-refractivity contribution in [2.45, 2.75) is 39.7 Å². The molecule has 0 spiro atoms. The first-order chi connectivity index (χ1) is 14.8. The Labute approximate surface area is 181 Å². The average molecular weight is 415 g/mol. The van der Waals surface area contributed by atoms with E-state index in [0.29, 0.717) is 29.6 Å². The maximum absolute atomic E-state index is 12.5. The molecule has 0 aliphatic heterocycles. The predicted octanol–water partition coefficient (Wildman–Crippen LogP) is 4.46. The first-order valence-corrected chi connectivity index (χ1v) is 10.1. The highest BCUT2D eigenvalue weighted by molar-refractivity contribution is 5.94. The van der Waals surface area contributed by atoms with Crippen LogP contribution in [0.15, 0.2) is 65.1 Å². The zero-order chi connectivity index (χ0) is 22.0. The molecule has 4 rings (SSSR count). The molecule has 7 heteroatoms. The van der Waals surface area contributed by atoms with Gasteiger partial charge in [-0.2, -0.15) is 5.10 Å². The highest BCUT2D eigenvalue weighted by Gasteiger charge is 2.24. The number of carbonyl (C=O) groups is 1. The van der Waals surface area contributed by atoms with Crippen LogP contribution >= 0.6 is 0 Å². The first-order valence-electron chi connectivity index (χ1n) is 10.1. The normalized spacial score (nSPS) is 11.5. The fourth-order valence-corrected chi connectivity index (χ4v) is 3.25. The zero-order valence-electron chi connectivity index (χ0n) is 18.1. The Hall–Kier alpha value is -3.74. The summed E-state index contributed by atoms with van der Waals surface area (Å²) in [7, 11) is 0. The number of nitrogens with one attached hydrogen (secondary N) is 1. The van der Waals surface area contributed by atoms with Gasteiger partial charge in [0.25, 0.3) is 11.8 Å². The van der Waals surface area contributed by atoms with E-state index in [1.807, 2.05) is 53.2 Å². The minimum Gasteiger partial charge on any atom is -0.420 e. The lowest BCUT2D eigenvalue weighted by Gasteiger charge is -2.20. The van der Waals surface area contributed by atoms with Gasteiger partial charge in [-0.15, -0.1) is 10.2 Å². The van der Waals surface area contributed by atoms with Crippen molar-refractivity contribution in [3.63, 3.8) is 0 Å². The SMILES string of the molecule is Cc1nnc(-c2cc(C(C)(C)C)n(-c3ccc(C(=O)NCc4ccccc4)cc3)n2)o1. The van der Waals surface area contributed by atoms with Gasteiger partial charge >= 0.3 is 0 Å². The molecule has 0 saturated heterocycles. The van der Waals surface area contributed by atoms with E-state index in [2.05, 4.69) is 36.3 Å². The Morgan fingerprint density at radius 2 is 1.74 bits per heavy atom. The Balaban J connectivity index is 1.58. The summed E-state index contributed by atoms with van der Waals surface area (Å²) in [5, 5.41) is 15.6. The standard InChI is InChI=1S/C24H25N5O2/c1-16-26-27-23(31-16)20-14-21(24(2,3)4)29(28-20)19-12-10-18(11-13-19)22(30)25-15-17-8-6-5-7-9-17/h5-14H,15H2,1-4H3,(H,25,30). The van der Waals surface area contributed by atoms with Gasteiger partial charge in [0.05, 0.1) is 11.4 Å². The summed E-state index contributed by atoms with van der Waals surface area (Å²) < 4.78 is 7.41. The minimum atomic E-state index is -0.161. The molecule has 0 saturated carbocycles. The van der Waals surface area contributed by atoms with Crippen LogP contribution in [0, 0.1) is 6.92 Å². The largest absolute Gasteiger partial charge is 0.420 e. The van der Waals surface area contributed by atoms with Crippen molar-refractivity contribution in [1.82, 2.24) is 25.3 Å². The van der Waals surface area contributed by atoms with E-state index >= 15 is 0 Å². The molecule has 1 amide bonds. The van der Waals surface area contributed by atoms with Crippen molar-refractivity contribution < 1.29 is 9.21 Å². The fraction of sp³-hybridized carbons (Fsp3) is 0.250. The summed E-state index contributed by atoms with van der Waals surface area (Å²) in [6.45, 7) is 8.60. The van der Waals surface area contributed by atoms with Crippen LogP contribution < -0.4 is 5.32 Å². The lowest BCUT2D eigenvalue weighted by atomic mass is 9.91. The van der Waals surface area contributed by atoms with E-state index in [1.54, 1.807) is 19.1 Å². The Bertz CT molecular complexity index is 1180. The number of nitrogens with zero attached hydrogens (tertiary/aromatic N) is 4. The number of aryl methyl sites for hydroxylation is 1. The molecule has 7 nitrogen and oxygen atoms in total. The molecule has 0 aliphatic carbocycles. The van der Waals surface area contributed by atoms with Crippen LogP contribution in [0.2, 0.25) is 0 Å². The van der Waals surface area contributed by atoms with Gasteiger partial charge < -0.3 is 9.73 Å². The van der Waals surface area contributed by atoms with Crippen molar-refractivity contribution in [3.8, 4) is 17.3 Å². The summed E-state index contributed by atoms with van der Waals surface area (Å²) in [5.41, 5.74) is 3.97. The lowest BCUT2D eigenvalue weighted by Crippen LogP contribution is -2.22. The molecule has 0 unspecified atom stereocenters. The third-order valence-electron chi connectivity index (χ3n) is 4.89. The summed E-state index contributed by atoms with van der Waals surface area (Å²) in [6, 6.07) is 19.2. The van der Waals surface area contributed by atoms with Crippen molar-refractivity contribution in [2.24, 2.45) is 0 Å². The molecule has 2 aromatic heterocycles. The van der Waals surface area contributed by atoms with E-state index in [9.17, 15) is 4.79 Å². The number of hydrogen-bond acceptors (Lipinski definition) is 5. The molecule has 0 atom stereocenters. The van der Waals surface area contributed by atoms with Gasteiger partial charge in [-0.05, 0) is 35.9 Å². The molecule has 1 N–H and O–H groups in total. The second-order valence-corrected chi connectivity index (χ2v) is 8.42. The molecule has 0 fully saturated rings. The maximum Gasteiger partial charge on any atom is 0.268 e. The molecular formula is C24H25N5O2. The van der Waals surface area contributed by atoms with Gasteiger partial charge in [0, 0.05) is 24.4 Å². The second-order valence-electron chi connectivity index (χ2n) is 8.42. The Morgan fingerprint density at radius 1 is 1.03 bits per heavy atom. The van der Waals surface area contributed by atoms with E-state index < -0.39 is 0 Å². The summed E-state index contributed by atoms with van der Waals surface area (Å²) in [5.74, 6) is 0.764. The highest BCUT2D eigenvalue weighted by Crippen LogP contribution is 2.29. The van der Waals surface area contributed by atoms with Gasteiger partial charge in [0.1, 0.15) is 5.69 Å². The molecule has 158 valence electrons. The quantitative estimate of drug-likeness (QED) is 0.520. The zero-order valence-corrected chi connectivity index (χ0v) is 18.1. The minimum absolute atomic E-state index is 0.117. The maximum atomic E-state index is 12.5. The average Bonchev–Trinajstić information content (AvgIpc) is 3.39. The van der Waals surface area contributed by atoms with Crippen molar-refractivity contribution in [1.29, 1.82) is 0 Å². The molecule has 31 heavy (non-hydrogen) atoms. The fourth-order valence-electron chi connectivity index (χ4n) is 3.25. The molecule has 0 bridgehead atoms. The monoisotopic (exact) mass is 415 g/mol. The van der Waals surface area contributed by atoms with Crippen molar-refractivity contribution in [2.75, 3.05) is 0 Å². The van der Waals surface area contributed by atoms with Gasteiger partial charge in [0.15, 0.2) is 0 Å². The Kier molecular flexibility index (Phi) is 5.42. The van der Waals surface area contributed by atoms with Crippen LogP contribution in [0.1, 0.15) is 48.3 Å². The van der Waals surface area contributed by atoms with Gasteiger partial charge in [-0.25, -0.2) is 4.68 Å². The summed E-state index contributed by atoms with van der Waals surface area (Å²) in [4.78, 5) is 12.5. The molecule has 0 aliphatic rings. The van der Waals surface area contributed by atoms with Crippen LogP contribution in [0.4, 0.5) is 0 Å². The van der Waals surface area contributed by atoms with Crippen LogP contribution in [-0.2, 0) is 12.0 Å². The third-order valence-corrected chi connectivity index (χ3v) is 4.89. The summed E-state index contributed by atoms with van der Waals surface area (Å²) >= 11 is 0. The van der Waals surface area contributed by atoms with Crippen LogP contribution in [-0.4, -0.2) is 25.9 Å². The van der Waals surface area contributed by atoms with Crippen LogP contribution in [0.3, 0.4) is 0 Å². The van der Waals surface area contributed by atoms with Gasteiger partial charge in [0.2, 0.25) is 5.89 Å². The van der Waals surface area contributed by atoms with Crippen LogP contribution in [0.5, 0.6) is 0 Å². The summed E-state index contributed by atoms with van der Waals surface area (Å²) in [6.07, 6.45) is 0. The highest BCUT2D eigenvalue weighted by atomic mass is 16.4. The van der Waals surface area contributed by atoms with E-state index in [-0.39, 0.29) is 11.3 Å². The lowest BCUT2D eigenvalue weighted by molar-refractivity contribution is 0.0951. The molecule has 4 aromatic rings. The molecule has 2 heterocycles. The smallest absolute Gasteiger partial charge is 0.268 e. The Morgan fingerprint density at radius 3 is 2.35 bits per heavy atom. The van der Waals surface area contributed by atoms with E-state index in [0.717, 1.165) is 16.9 Å². The number of rotatable bonds is 5. The number of aromatic nitrogens is 4. The predicted molar refractivity (Wildman–Crippen MR) is 118 cm³/mol. The van der Waals surface area contributed by atoms with Crippen LogP contribution in [0.25, 0.3) is 17.3 Å². The van der Waals surface area contributed by atoms with Gasteiger partial charge in [-0.1, -0.05) is 51.1 Å². The number of benzene rings is 2. The van der Waals surface area contributed by atoms with E-state index in [1.165, 1.54) is 0 Å². The first kappa shape index (κ1) is 20.5. The molecular weight excluding hydrogens is 390 g/mol. The topological polar surface area (TPSA) is 85.8 Å². The van der Waals surface area contributed by atoms with Crippen molar-refractivity contribution in [3.05, 3.63) is 83.4 Å². The third kappa shape index (κ3) is 4.55. The number of carbonyl (C=O) groups excluding carboxylic acids is 1. The van der Waals surface area contributed by atoms with Gasteiger partial charge in [-0.3, -0.25) is 4.79 Å². The second kappa shape index (κ2) is 8.18. The molecule has 2 aromatic carbocycles. The number of amides is 1. The number of hydrogen-bond donors (Lipinski definition) is 1. The van der Waals surface area contributed by atoms with E-state index in [4.69, 9.17) is 9.52 Å². The van der Waals surface area contributed by atoms with Crippen molar-refractivity contribution >= 4 is 5.91 Å². The molecule has 0 radical (unpaired) electrons.